The average molecular weight is 277 g/mol. The summed E-state index contributed by atoms with van der Waals surface area (Å²) in [4.78, 5) is 11.6. The molecule has 0 aromatic heterocycles. The summed E-state index contributed by atoms with van der Waals surface area (Å²) in [6, 6.07) is 0. The van der Waals surface area contributed by atoms with Gasteiger partial charge in [0, 0.05) is 13.1 Å². The highest BCUT2D eigenvalue weighted by Crippen LogP contribution is 2.10. The average Bonchev–Trinajstić information content (AvgIpc) is 2.10. The van der Waals surface area contributed by atoms with E-state index in [-0.39, 0.29) is 11.0 Å². The van der Waals surface area contributed by atoms with Crippen molar-refractivity contribution < 1.29 is 4.79 Å². The first-order valence-electron chi connectivity index (χ1n) is 3.68. The predicted octanol–water partition coefficient (Wildman–Crippen LogP) is 3.12. The molecular formula is C8H9Cl4NO. The van der Waals surface area contributed by atoms with E-state index in [1.54, 1.807) is 6.08 Å². The first-order chi connectivity index (χ1) is 6.49. The van der Waals surface area contributed by atoms with E-state index in [0.717, 1.165) is 0 Å². The molecule has 0 radical (unpaired) electrons. The smallest absolute Gasteiger partial charge is 0.256 e. The van der Waals surface area contributed by atoms with Crippen LogP contribution in [0.25, 0.3) is 0 Å². The Morgan fingerprint density at radius 3 is 2.29 bits per heavy atom. The van der Waals surface area contributed by atoms with E-state index in [9.17, 15) is 4.79 Å². The van der Waals surface area contributed by atoms with Gasteiger partial charge in [0.25, 0.3) is 5.91 Å². The molecule has 0 aliphatic rings. The Bertz CT molecular complexity index is 235. The molecule has 1 amide bonds. The molecule has 6 heteroatoms. The van der Waals surface area contributed by atoms with Gasteiger partial charge < -0.3 is 4.90 Å². The highest BCUT2D eigenvalue weighted by Gasteiger charge is 2.18. The van der Waals surface area contributed by atoms with Gasteiger partial charge in [-0.3, -0.25) is 4.79 Å². The zero-order valence-electron chi connectivity index (χ0n) is 7.22. The molecule has 0 bridgehead atoms. The fraction of sp³-hybridized carbons (Fsp3) is 0.375. The number of carbonyl (C=O) groups is 1. The molecule has 0 aromatic carbocycles. The summed E-state index contributed by atoms with van der Waals surface area (Å²) in [7, 11) is 0. The predicted molar refractivity (Wildman–Crippen MR) is 62.1 cm³/mol. The monoisotopic (exact) mass is 275 g/mol. The van der Waals surface area contributed by atoms with E-state index in [1.165, 1.54) is 11.0 Å². The molecule has 0 aliphatic carbocycles. The maximum atomic E-state index is 11.3. The Morgan fingerprint density at radius 2 is 1.93 bits per heavy atom. The zero-order valence-corrected chi connectivity index (χ0v) is 10.2. The molecule has 0 aromatic rings. The van der Waals surface area contributed by atoms with Crippen LogP contribution in [-0.2, 0) is 4.79 Å². The molecule has 2 nitrogen and oxygen atoms in total. The lowest BCUT2D eigenvalue weighted by Gasteiger charge is -2.19. The van der Waals surface area contributed by atoms with Crippen LogP contribution >= 0.6 is 46.4 Å². The Morgan fingerprint density at radius 1 is 1.36 bits per heavy atom. The van der Waals surface area contributed by atoms with Gasteiger partial charge in [0.2, 0.25) is 0 Å². The topological polar surface area (TPSA) is 20.3 Å². The maximum absolute atomic E-state index is 11.3. The third-order valence-electron chi connectivity index (χ3n) is 1.31. The SMILES string of the molecule is C=CCN(CC=C(Cl)Cl)C(=O)C(Cl)Cl. The van der Waals surface area contributed by atoms with Crippen molar-refractivity contribution in [3.63, 3.8) is 0 Å². The molecule has 0 saturated heterocycles. The van der Waals surface area contributed by atoms with E-state index < -0.39 is 10.7 Å². The van der Waals surface area contributed by atoms with Crippen LogP contribution in [0, 0.1) is 0 Å². The molecule has 14 heavy (non-hydrogen) atoms. The number of hydrogen-bond acceptors (Lipinski definition) is 1. The Hall–Kier alpha value is 0.110. The Kier molecular flexibility index (Phi) is 7.47. The second-order valence-corrected chi connectivity index (χ2v) is 4.43. The minimum absolute atomic E-state index is 0.0903. The van der Waals surface area contributed by atoms with Gasteiger partial charge in [-0.1, -0.05) is 52.5 Å². The van der Waals surface area contributed by atoms with Crippen LogP contribution in [0.3, 0.4) is 0 Å². The third kappa shape index (κ3) is 5.76. The van der Waals surface area contributed by atoms with Gasteiger partial charge in [-0.15, -0.1) is 6.58 Å². The van der Waals surface area contributed by atoms with Crippen molar-refractivity contribution in [1.82, 2.24) is 4.90 Å². The lowest BCUT2D eigenvalue weighted by Crippen LogP contribution is -2.35. The summed E-state index contributed by atoms with van der Waals surface area (Å²) in [6.07, 6.45) is 3.03. The third-order valence-corrected chi connectivity index (χ3v) is 2.00. The molecule has 0 spiro atoms. The minimum atomic E-state index is -1.09. The van der Waals surface area contributed by atoms with Gasteiger partial charge in [0.1, 0.15) is 4.49 Å². The van der Waals surface area contributed by atoms with Crippen molar-refractivity contribution in [2.45, 2.75) is 4.84 Å². The van der Waals surface area contributed by atoms with Crippen LogP contribution in [-0.4, -0.2) is 28.7 Å². The summed E-state index contributed by atoms with van der Waals surface area (Å²) in [5.41, 5.74) is 0. The van der Waals surface area contributed by atoms with Gasteiger partial charge in [-0.25, -0.2) is 0 Å². The minimum Gasteiger partial charge on any atom is -0.333 e. The van der Waals surface area contributed by atoms with Crippen LogP contribution in [0.1, 0.15) is 0 Å². The van der Waals surface area contributed by atoms with Gasteiger partial charge >= 0.3 is 0 Å². The van der Waals surface area contributed by atoms with Crippen LogP contribution in [0.15, 0.2) is 23.2 Å². The van der Waals surface area contributed by atoms with E-state index in [2.05, 4.69) is 6.58 Å². The number of alkyl halides is 2. The number of halogens is 4. The first kappa shape index (κ1) is 14.1. The molecule has 0 fully saturated rings. The van der Waals surface area contributed by atoms with Crippen LogP contribution in [0.5, 0.6) is 0 Å². The van der Waals surface area contributed by atoms with E-state index in [0.29, 0.717) is 6.54 Å². The van der Waals surface area contributed by atoms with Crippen LogP contribution in [0.2, 0.25) is 0 Å². The number of hydrogen-bond donors (Lipinski definition) is 0. The molecule has 0 atom stereocenters. The lowest BCUT2D eigenvalue weighted by molar-refractivity contribution is -0.128. The molecular weight excluding hydrogens is 268 g/mol. The van der Waals surface area contributed by atoms with Gasteiger partial charge in [-0.05, 0) is 6.08 Å². The fourth-order valence-corrected chi connectivity index (χ4v) is 1.14. The number of nitrogens with zero attached hydrogens (tertiary/aromatic N) is 1. The molecule has 0 unspecified atom stereocenters. The first-order valence-corrected chi connectivity index (χ1v) is 5.31. The zero-order chi connectivity index (χ0) is 11.1. The van der Waals surface area contributed by atoms with Gasteiger partial charge in [0.05, 0.1) is 0 Å². The number of carbonyl (C=O) groups excluding carboxylic acids is 1. The van der Waals surface area contributed by atoms with Crippen molar-refractivity contribution >= 4 is 52.3 Å². The van der Waals surface area contributed by atoms with Gasteiger partial charge in [0.15, 0.2) is 4.84 Å². The second-order valence-electron chi connectivity index (χ2n) is 2.33. The summed E-state index contributed by atoms with van der Waals surface area (Å²) in [6.45, 7) is 4.10. The van der Waals surface area contributed by atoms with Crippen molar-refractivity contribution in [3.8, 4) is 0 Å². The molecule has 0 saturated carbocycles. The largest absolute Gasteiger partial charge is 0.333 e. The van der Waals surface area contributed by atoms with Crippen molar-refractivity contribution in [2.24, 2.45) is 0 Å². The lowest BCUT2D eigenvalue weighted by atomic mass is 10.4. The van der Waals surface area contributed by atoms with E-state index >= 15 is 0 Å². The summed E-state index contributed by atoms with van der Waals surface area (Å²) < 4.78 is 0.0903. The van der Waals surface area contributed by atoms with E-state index in [1.807, 2.05) is 0 Å². The van der Waals surface area contributed by atoms with Crippen molar-refractivity contribution in [2.75, 3.05) is 13.1 Å². The maximum Gasteiger partial charge on any atom is 0.256 e. The molecule has 80 valence electrons. The van der Waals surface area contributed by atoms with Crippen molar-refractivity contribution in [3.05, 3.63) is 23.2 Å². The molecule has 0 rings (SSSR count). The molecule has 0 aliphatic heterocycles. The number of rotatable bonds is 5. The summed E-state index contributed by atoms with van der Waals surface area (Å²) in [5, 5.41) is 0. The van der Waals surface area contributed by atoms with Gasteiger partial charge in [-0.2, -0.15) is 0 Å². The van der Waals surface area contributed by atoms with E-state index in [4.69, 9.17) is 46.4 Å². The highest BCUT2D eigenvalue weighted by atomic mass is 35.5. The fourth-order valence-electron chi connectivity index (χ4n) is 0.728. The Labute approximate surface area is 103 Å². The Balaban J connectivity index is 4.35. The van der Waals surface area contributed by atoms with Crippen LogP contribution < -0.4 is 0 Å². The van der Waals surface area contributed by atoms with Crippen LogP contribution in [0.4, 0.5) is 0 Å². The normalized spacial score (nSPS) is 9.79. The highest BCUT2D eigenvalue weighted by molar-refractivity contribution is 6.56. The second kappa shape index (κ2) is 7.41. The quantitative estimate of drug-likeness (QED) is 0.558. The molecule has 0 N–H and O–H groups in total. The standard InChI is InChI=1S/C8H9Cl4NO/c1-2-4-13(5-3-6(9)10)8(14)7(11)12/h2-3,7H,1,4-5H2. The van der Waals surface area contributed by atoms with Crippen molar-refractivity contribution in [1.29, 1.82) is 0 Å². The summed E-state index contributed by atoms with van der Waals surface area (Å²) in [5.74, 6) is -0.404. The number of amides is 1. The summed E-state index contributed by atoms with van der Waals surface area (Å²) >= 11 is 21.7. The molecule has 0 heterocycles.